The number of ether oxygens (including phenoxy) is 2. The Morgan fingerprint density at radius 1 is 1.25 bits per heavy atom. The summed E-state index contributed by atoms with van der Waals surface area (Å²) >= 11 is 1.47. The molecule has 0 fully saturated rings. The first-order valence-corrected chi connectivity index (χ1v) is 9.10. The summed E-state index contributed by atoms with van der Waals surface area (Å²) in [4.78, 5) is 12.6. The van der Waals surface area contributed by atoms with Crippen LogP contribution in [0.1, 0.15) is 42.5 Å². The first-order chi connectivity index (χ1) is 11.7. The van der Waals surface area contributed by atoms with Gasteiger partial charge in [0.25, 0.3) is 0 Å². The fourth-order valence-corrected chi connectivity index (χ4v) is 3.41. The Morgan fingerprint density at radius 3 is 2.71 bits per heavy atom. The average molecular weight is 348 g/mol. The van der Waals surface area contributed by atoms with Gasteiger partial charge in [0.15, 0.2) is 11.5 Å². The number of aliphatic carboxylic acids is 1. The van der Waals surface area contributed by atoms with Crippen LogP contribution in [0.4, 0.5) is 0 Å². The van der Waals surface area contributed by atoms with Crippen molar-refractivity contribution in [2.24, 2.45) is 0 Å². The van der Waals surface area contributed by atoms with Crippen LogP contribution in [-0.2, 0) is 11.2 Å². The number of methoxy groups -OCH3 is 1. The van der Waals surface area contributed by atoms with Crippen molar-refractivity contribution in [3.63, 3.8) is 0 Å². The second-order valence-corrected chi connectivity index (χ2v) is 6.59. The standard InChI is InChI=1S/C19H24O4S/c1-3-4-5-11-23-18-14(8-6-9-16(18)22-2)13-15(19(20)21)17-10-7-12-24-17/h6-10,12,15H,3-5,11,13H2,1-2H3,(H,20,21). The van der Waals surface area contributed by atoms with Gasteiger partial charge in [-0.1, -0.05) is 38.0 Å². The first-order valence-electron chi connectivity index (χ1n) is 8.22. The summed E-state index contributed by atoms with van der Waals surface area (Å²) in [6.45, 7) is 2.75. The molecule has 2 aromatic rings. The smallest absolute Gasteiger partial charge is 0.312 e. The Bertz CT molecular complexity index is 637. The lowest BCUT2D eigenvalue weighted by Crippen LogP contribution is -2.14. The molecule has 0 saturated heterocycles. The maximum atomic E-state index is 11.7. The normalized spacial score (nSPS) is 11.9. The number of hydrogen-bond acceptors (Lipinski definition) is 4. The van der Waals surface area contributed by atoms with Gasteiger partial charge in [0.05, 0.1) is 19.6 Å². The van der Waals surface area contributed by atoms with E-state index in [1.165, 1.54) is 11.3 Å². The summed E-state index contributed by atoms with van der Waals surface area (Å²) in [5, 5.41) is 11.5. The molecule has 0 bridgehead atoms. The molecule has 0 saturated carbocycles. The average Bonchev–Trinajstić information content (AvgIpc) is 3.10. The van der Waals surface area contributed by atoms with Crippen molar-refractivity contribution in [2.75, 3.05) is 13.7 Å². The van der Waals surface area contributed by atoms with Crippen LogP contribution >= 0.6 is 11.3 Å². The molecule has 1 atom stereocenters. The van der Waals surface area contributed by atoms with Crippen molar-refractivity contribution in [1.82, 2.24) is 0 Å². The van der Waals surface area contributed by atoms with Crippen molar-refractivity contribution in [1.29, 1.82) is 0 Å². The van der Waals surface area contributed by atoms with Gasteiger partial charge in [-0.2, -0.15) is 0 Å². The molecule has 1 N–H and O–H groups in total. The van der Waals surface area contributed by atoms with Gasteiger partial charge >= 0.3 is 5.97 Å². The van der Waals surface area contributed by atoms with Crippen molar-refractivity contribution in [3.8, 4) is 11.5 Å². The monoisotopic (exact) mass is 348 g/mol. The lowest BCUT2D eigenvalue weighted by molar-refractivity contribution is -0.138. The highest BCUT2D eigenvalue weighted by Crippen LogP contribution is 2.35. The van der Waals surface area contributed by atoms with Crippen molar-refractivity contribution in [3.05, 3.63) is 46.2 Å². The fraction of sp³-hybridized carbons (Fsp3) is 0.421. The molecule has 0 amide bonds. The van der Waals surface area contributed by atoms with E-state index in [1.807, 2.05) is 35.7 Å². The van der Waals surface area contributed by atoms with E-state index in [0.717, 1.165) is 29.7 Å². The van der Waals surface area contributed by atoms with E-state index < -0.39 is 11.9 Å². The second kappa shape index (κ2) is 9.33. The number of hydrogen-bond donors (Lipinski definition) is 1. The molecule has 130 valence electrons. The zero-order valence-electron chi connectivity index (χ0n) is 14.2. The van der Waals surface area contributed by atoms with Crippen LogP contribution in [-0.4, -0.2) is 24.8 Å². The third-order valence-corrected chi connectivity index (χ3v) is 4.87. The highest BCUT2D eigenvalue weighted by Gasteiger charge is 2.24. The minimum absolute atomic E-state index is 0.385. The number of benzene rings is 1. The number of unbranched alkanes of at least 4 members (excludes halogenated alkanes) is 2. The van der Waals surface area contributed by atoms with E-state index in [0.29, 0.717) is 24.5 Å². The van der Waals surface area contributed by atoms with Gasteiger partial charge in [-0.3, -0.25) is 4.79 Å². The summed E-state index contributed by atoms with van der Waals surface area (Å²) in [5.41, 5.74) is 0.867. The summed E-state index contributed by atoms with van der Waals surface area (Å²) in [5.74, 6) is -0.0782. The van der Waals surface area contributed by atoms with Crippen molar-refractivity contribution < 1.29 is 19.4 Å². The molecule has 1 unspecified atom stereocenters. The summed E-state index contributed by atoms with van der Waals surface area (Å²) in [6, 6.07) is 9.39. The van der Waals surface area contributed by atoms with E-state index in [4.69, 9.17) is 9.47 Å². The van der Waals surface area contributed by atoms with E-state index in [9.17, 15) is 9.90 Å². The molecule has 0 aliphatic heterocycles. The minimum Gasteiger partial charge on any atom is -0.493 e. The Morgan fingerprint density at radius 2 is 2.08 bits per heavy atom. The van der Waals surface area contributed by atoms with Gasteiger partial charge in [-0.15, -0.1) is 11.3 Å². The predicted molar refractivity (Wildman–Crippen MR) is 96.4 cm³/mol. The highest BCUT2D eigenvalue weighted by molar-refractivity contribution is 7.10. The van der Waals surface area contributed by atoms with Crippen molar-refractivity contribution >= 4 is 17.3 Å². The molecule has 0 aliphatic rings. The van der Waals surface area contributed by atoms with Gasteiger partial charge in [-0.25, -0.2) is 0 Å². The van der Waals surface area contributed by atoms with Gasteiger partial charge < -0.3 is 14.6 Å². The topological polar surface area (TPSA) is 55.8 Å². The lowest BCUT2D eigenvalue weighted by atomic mass is 9.97. The highest BCUT2D eigenvalue weighted by atomic mass is 32.1. The number of thiophene rings is 1. The minimum atomic E-state index is -0.822. The Labute approximate surface area is 147 Å². The SMILES string of the molecule is CCCCCOc1c(CC(C(=O)O)c2cccs2)cccc1OC. The number of rotatable bonds is 10. The van der Waals surface area contributed by atoms with E-state index in [2.05, 4.69) is 6.92 Å². The molecule has 1 aromatic heterocycles. The largest absolute Gasteiger partial charge is 0.493 e. The van der Waals surface area contributed by atoms with Crippen LogP contribution in [0.15, 0.2) is 35.7 Å². The van der Waals surface area contributed by atoms with E-state index in [-0.39, 0.29) is 0 Å². The quantitative estimate of drug-likeness (QED) is 0.630. The molecule has 0 radical (unpaired) electrons. The molecule has 5 heteroatoms. The maximum absolute atomic E-state index is 11.7. The molecule has 0 spiro atoms. The molecule has 0 aliphatic carbocycles. The Kier molecular flexibility index (Phi) is 7.12. The second-order valence-electron chi connectivity index (χ2n) is 5.61. The van der Waals surface area contributed by atoms with Gasteiger partial charge in [0.2, 0.25) is 0 Å². The third kappa shape index (κ3) is 4.74. The van der Waals surface area contributed by atoms with Crippen LogP contribution in [0.5, 0.6) is 11.5 Å². The Balaban J connectivity index is 2.22. The summed E-state index contributed by atoms with van der Waals surface area (Å²) < 4.78 is 11.4. The maximum Gasteiger partial charge on any atom is 0.312 e. The van der Waals surface area contributed by atoms with Crippen LogP contribution in [0.2, 0.25) is 0 Å². The first kappa shape index (κ1) is 18.3. The van der Waals surface area contributed by atoms with Crippen LogP contribution in [0.3, 0.4) is 0 Å². The molecule has 24 heavy (non-hydrogen) atoms. The zero-order valence-corrected chi connectivity index (χ0v) is 15.0. The van der Waals surface area contributed by atoms with E-state index >= 15 is 0 Å². The predicted octanol–water partition coefficient (Wildman–Crippen LogP) is 4.74. The third-order valence-electron chi connectivity index (χ3n) is 3.88. The molecule has 2 rings (SSSR count). The van der Waals surface area contributed by atoms with Gasteiger partial charge in [0, 0.05) is 4.88 Å². The molecule has 4 nitrogen and oxygen atoms in total. The number of carboxylic acid groups (broad SMARTS) is 1. The van der Waals surface area contributed by atoms with Gasteiger partial charge in [-0.05, 0) is 35.9 Å². The fourth-order valence-electron chi connectivity index (χ4n) is 2.59. The Hall–Kier alpha value is -2.01. The summed E-state index contributed by atoms with van der Waals surface area (Å²) in [7, 11) is 1.60. The number of para-hydroxylation sites is 1. The van der Waals surface area contributed by atoms with Crippen molar-refractivity contribution in [2.45, 2.75) is 38.5 Å². The lowest BCUT2D eigenvalue weighted by Gasteiger charge is -2.17. The molecular formula is C19H24O4S. The number of carboxylic acids is 1. The molecule has 1 heterocycles. The van der Waals surface area contributed by atoms with Crippen LogP contribution < -0.4 is 9.47 Å². The van der Waals surface area contributed by atoms with E-state index in [1.54, 1.807) is 7.11 Å². The van der Waals surface area contributed by atoms with Crippen LogP contribution in [0.25, 0.3) is 0 Å². The molecular weight excluding hydrogens is 324 g/mol. The zero-order chi connectivity index (χ0) is 17.4. The summed E-state index contributed by atoms with van der Waals surface area (Å²) in [6.07, 6.45) is 3.59. The van der Waals surface area contributed by atoms with Gasteiger partial charge in [0.1, 0.15) is 0 Å². The van der Waals surface area contributed by atoms with Crippen LogP contribution in [0, 0.1) is 0 Å². The number of carbonyl (C=O) groups is 1. The molecule has 1 aromatic carbocycles.